The van der Waals surface area contributed by atoms with Gasteiger partial charge in [0, 0.05) is 12.6 Å². The number of anilines is 2. The zero-order chi connectivity index (χ0) is 12.3. The molecule has 5 heteroatoms. The van der Waals surface area contributed by atoms with Crippen LogP contribution in [-0.4, -0.2) is 29.7 Å². The van der Waals surface area contributed by atoms with E-state index in [1.807, 2.05) is 0 Å². The number of nitrogens with zero attached hydrogens (tertiary/aromatic N) is 3. The third kappa shape index (κ3) is 2.28. The second-order valence-electron chi connectivity index (χ2n) is 4.37. The van der Waals surface area contributed by atoms with E-state index in [0.29, 0.717) is 17.6 Å². The van der Waals surface area contributed by atoms with Crippen molar-refractivity contribution in [3.63, 3.8) is 0 Å². The summed E-state index contributed by atoms with van der Waals surface area (Å²) in [6, 6.07) is 0.533. The van der Waals surface area contributed by atoms with Gasteiger partial charge in [0.25, 0.3) is 0 Å². The van der Waals surface area contributed by atoms with Crippen molar-refractivity contribution >= 4 is 11.5 Å². The molecule has 0 saturated carbocycles. The minimum atomic E-state index is 0.468. The summed E-state index contributed by atoms with van der Waals surface area (Å²) in [4.78, 5) is 10.6. The fourth-order valence-electron chi connectivity index (χ4n) is 2.47. The average molecular weight is 236 g/mol. The predicted octanol–water partition coefficient (Wildman–Crippen LogP) is 1.84. The minimum Gasteiger partial charge on any atom is -0.479 e. The Kier molecular flexibility index (Phi) is 3.66. The third-order valence-electron chi connectivity index (χ3n) is 3.39. The molecule has 94 valence electrons. The van der Waals surface area contributed by atoms with Crippen molar-refractivity contribution in [3.8, 4) is 5.88 Å². The molecule has 0 aliphatic carbocycles. The molecule has 0 bridgehead atoms. The van der Waals surface area contributed by atoms with Crippen LogP contribution in [0.4, 0.5) is 11.5 Å². The molecule has 1 aliphatic heterocycles. The second kappa shape index (κ2) is 5.21. The number of hydrogen-bond donors (Lipinski definition) is 1. The van der Waals surface area contributed by atoms with Gasteiger partial charge in [-0.2, -0.15) is 4.98 Å². The summed E-state index contributed by atoms with van der Waals surface area (Å²) in [6.45, 7) is 3.22. The Labute approximate surface area is 102 Å². The van der Waals surface area contributed by atoms with E-state index in [4.69, 9.17) is 10.5 Å². The molecular formula is C12H20N4O. The van der Waals surface area contributed by atoms with Gasteiger partial charge >= 0.3 is 0 Å². The molecule has 1 saturated heterocycles. The fraction of sp³-hybridized carbons (Fsp3) is 0.667. The third-order valence-corrected chi connectivity index (χ3v) is 3.39. The first-order chi connectivity index (χ1) is 8.27. The van der Waals surface area contributed by atoms with E-state index in [-0.39, 0.29) is 0 Å². The molecule has 1 aromatic heterocycles. The largest absolute Gasteiger partial charge is 0.479 e. The van der Waals surface area contributed by atoms with Gasteiger partial charge in [-0.1, -0.05) is 6.92 Å². The number of aromatic nitrogens is 2. The molecule has 1 atom stereocenters. The zero-order valence-electron chi connectivity index (χ0n) is 10.5. The second-order valence-corrected chi connectivity index (χ2v) is 4.37. The first kappa shape index (κ1) is 12.0. The highest BCUT2D eigenvalue weighted by Gasteiger charge is 2.24. The van der Waals surface area contributed by atoms with Gasteiger partial charge in [-0.15, -0.1) is 0 Å². The van der Waals surface area contributed by atoms with Crippen LogP contribution in [0.2, 0.25) is 0 Å². The van der Waals surface area contributed by atoms with Gasteiger partial charge < -0.3 is 15.4 Å². The fourth-order valence-corrected chi connectivity index (χ4v) is 2.47. The standard InChI is InChI=1S/C12H20N4O/c1-3-9-6-4-5-7-16(9)11-10(13)12(17-2)15-8-14-11/h8-9H,3-7,13H2,1-2H3. The highest BCUT2D eigenvalue weighted by molar-refractivity contribution is 5.68. The van der Waals surface area contributed by atoms with Gasteiger partial charge in [-0.3, -0.25) is 0 Å². The molecule has 0 amide bonds. The Morgan fingerprint density at radius 2 is 2.29 bits per heavy atom. The number of nitrogens with two attached hydrogens (primary N) is 1. The summed E-state index contributed by atoms with van der Waals surface area (Å²) in [5.41, 5.74) is 6.60. The van der Waals surface area contributed by atoms with Crippen LogP contribution in [0.25, 0.3) is 0 Å². The normalized spacial score (nSPS) is 20.4. The van der Waals surface area contributed by atoms with E-state index in [1.165, 1.54) is 25.6 Å². The summed E-state index contributed by atoms with van der Waals surface area (Å²) in [7, 11) is 1.58. The maximum absolute atomic E-state index is 6.05. The number of rotatable bonds is 3. The Morgan fingerprint density at radius 3 is 3.00 bits per heavy atom. The van der Waals surface area contributed by atoms with Crippen molar-refractivity contribution in [1.82, 2.24) is 9.97 Å². The van der Waals surface area contributed by atoms with Crippen molar-refractivity contribution < 1.29 is 4.74 Å². The monoisotopic (exact) mass is 236 g/mol. The van der Waals surface area contributed by atoms with Crippen LogP contribution in [-0.2, 0) is 0 Å². The van der Waals surface area contributed by atoms with Crippen molar-refractivity contribution in [3.05, 3.63) is 6.33 Å². The molecular weight excluding hydrogens is 216 g/mol. The number of methoxy groups -OCH3 is 1. The van der Waals surface area contributed by atoms with Gasteiger partial charge in [0.05, 0.1) is 7.11 Å². The van der Waals surface area contributed by atoms with Gasteiger partial charge in [0.15, 0.2) is 5.82 Å². The average Bonchev–Trinajstić information content (AvgIpc) is 2.39. The summed E-state index contributed by atoms with van der Waals surface area (Å²) >= 11 is 0. The lowest BCUT2D eigenvalue weighted by molar-refractivity contribution is 0.397. The van der Waals surface area contributed by atoms with Crippen LogP contribution < -0.4 is 15.4 Å². The van der Waals surface area contributed by atoms with Crippen LogP contribution in [0.15, 0.2) is 6.33 Å². The minimum absolute atomic E-state index is 0.468. The Morgan fingerprint density at radius 1 is 1.47 bits per heavy atom. The molecule has 0 spiro atoms. The molecule has 0 radical (unpaired) electrons. The molecule has 2 N–H and O–H groups in total. The molecule has 0 aromatic carbocycles. The molecule has 1 fully saturated rings. The SMILES string of the molecule is CCC1CCCCN1c1ncnc(OC)c1N. The zero-order valence-corrected chi connectivity index (χ0v) is 10.5. The van der Waals surface area contributed by atoms with Crippen LogP contribution in [0.5, 0.6) is 5.88 Å². The first-order valence-electron chi connectivity index (χ1n) is 6.19. The molecule has 1 unspecified atom stereocenters. The van der Waals surface area contributed by atoms with E-state index in [2.05, 4.69) is 21.8 Å². The maximum atomic E-state index is 6.05. The molecule has 2 rings (SSSR count). The summed E-state index contributed by atoms with van der Waals surface area (Å²) in [6.07, 6.45) is 6.33. The topological polar surface area (TPSA) is 64.3 Å². The smallest absolute Gasteiger partial charge is 0.242 e. The number of piperidine rings is 1. The lowest BCUT2D eigenvalue weighted by atomic mass is 10.00. The predicted molar refractivity (Wildman–Crippen MR) is 68.3 cm³/mol. The molecule has 1 aromatic rings. The van der Waals surface area contributed by atoms with E-state index >= 15 is 0 Å². The molecule has 1 aliphatic rings. The van der Waals surface area contributed by atoms with Crippen molar-refractivity contribution in [2.75, 3.05) is 24.3 Å². The maximum Gasteiger partial charge on any atom is 0.242 e. The van der Waals surface area contributed by atoms with E-state index in [0.717, 1.165) is 18.8 Å². The van der Waals surface area contributed by atoms with E-state index < -0.39 is 0 Å². The van der Waals surface area contributed by atoms with Crippen LogP contribution >= 0.6 is 0 Å². The quantitative estimate of drug-likeness (QED) is 0.867. The van der Waals surface area contributed by atoms with Gasteiger partial charge in [0.2, 0.25) is 5.88 Å². The Bertz CT molecular complexity index is 383. The highest BCUT2D eigenvalue weighted by Crippen LogP contribution is 2.32. The van der Waals surface area contributed by atoms with Gasteiger partial charge in [-0.05, 0) is 25.7 Å². The highest BCUT2D eigenvalue weighted by atomic mass is 16.5. The number of hydrogen-bond acceptors (Lipinski definition) is 5. The van der Waals surface area contributed by atoms with Crippen molar-refractivity contribution in [1.29, 1.82) is 0 Å². The Hall–Kier alpha value is -1.52. The lowest BCUT2D eigenvalue weighted by Crippen LogP contribution is -2.40. The Balaban J connectivity index is 2.31. The van der Waals surface area contributed by atoms with Crippen LogP contribution in [0.3, 0.4) is 0 Å². The van der Waals surface area contributed by atoms with Crippen molar-refractivity contribution in [2.24, 2.45) is 0 Å². The summed E-state index contributed by atoms with van der Waals surface area (Å²) in [5, 5.41) is 0. The number of nitrogen functional groups attached to an aromatic ring is 1. The summed E-state index contributed by atoms with van der Waals surface area (Å²) < 4.78 is 5.14. The summed E-state index contributed by atoms with van der Waals surface area (Å²) in [5.74, 6) is 1.29. The van der Waals surface area contributed by atoms with Crippen molar-refractivity contribution in [2.45, 2.75) is 38.6 Å². The van der Waals surface area contributed by atoms with Crippen LogP contribution in [0, 0.1) is 0 Å². The van der Waals surface area contributed by atoms with E-state index in [1.54, 1.807) is 7.11 Å². The van der Waals surface area contributed by atoms with E-state index in [9.17, 15) is 0 Å². The van der Waals surface area contributed by atoms with Crippen LogP contribution in [0.1, 0.15) is 32.6 Å². The number of ether oxygens (including phenoxy) is 1. The molecule has 2 heterocycles. The van der Waals surface area contributed by atoms with Gasteiger partial charge in [-0.25, -0.2) is 4.98 Å². The van der Waals surface area contributed by atoms with Gasteiger partial charge in [0.1, 0.15) is 12.0 Å². The lowest BCUT2D eigenvalue weighted by Gasteiger charge is -2.36. The molecule has 17 heavy (non-hydrogen) atoms. The molecule has 5 nitrogen and oxygen atoms in total. The first-order valence-corrected chi connectivity index (χ1v) is 6.19.